The highest BCUT2D eigenvalue weighted by molar-refractivity contribution is 7.47. The molecule has 0 aromatic heterocycles. The van der Waals surface area contributed by atoms with Crippen molar-refractivity contribution in [2.24, 2.45) is 5.73 Å². The van der Waals surface area contributed by atoms with Gasteiger partial charge in [-0.2, -0.15) is 0 Å². The average molecular weight is 800 g/mol. The first-order chi connectivity index (χ1) is 26.8. The van der Waals surface area contributed by atoms with Crippen LogP contribution in [-0.4, -0.2) is 49.3 Å². The molecule has 0 bridgehead atoms. The van der Waals surface area contributed by atoms with Crippen LogP contribution >= 0.6 is 7.82 Å². The van der Waals surface area contributed by atoms with Gasteiger partial charge in [0.05, 0.1) is 13.2 Å². The Morgan fingerprint density at radius 3 is 1.38 bits per heavy atom. The van der Waals surface area contributed by atoms with Crippen molar-refractivity contribution in [3.8, 4) is 0 Å². The highest BCUT2D eigenvalue weighted by Gasteiger charge is 2.26. The minimum atomic E-state index is -4.37. The molecule has 2 unspecified atom stereocenters. The molecule has 0 rings (SSSR count). The second kappa shape index (κ2) is 42.1. The Bertz CT molecular complexity index is 959. The van der Waals surface area contributed by atoms with Crippen molar-refractivity contribution in [2.45, 2.75) is 225 Å². The van der Waals surface area contributed by atoms with Gasteiger partial charge in [0.25, 0.3) is 0 Å². The number of rotatable bonds is 43. The quantitative estimate of drug-likeness (QED) is 0.0267. The molecule has 0 saturated carbocycles. The van der Waals surface area contributed by atoms with Gasteiger partial charge >= 0.3 is 19.8 Å². The topological polar surface area (TPSA) is 134 Å². The van der Waals surface area contributed by atoms with Gasteiger partial charge in [-0.05, 0) is 44.9 Å². The number of carbonyl (C=O) groups excluding carboxylic acids is 2. The highest BCUT2D eigenvalue weighted by Crippen LogP contribution is 2.43. The van der Waals surface area contributed by atoms with Crippen LogP contribution < -0.4 is 5.73 Å². The van der Waals surface area contributed by atoms with Crippen molar-refractivity contribution >= 4 is 19.8 Å². The molecule has 324 valence electrons. The van der Waals surface area contributed by atoms with E-state index in [9.17, 15) is 19.0 Å². The normalized spacial score (nSPS) is 13.5. The zero-order valence-electron chi connectivity index (χ0n) is 35.7. The molecule has 0 aliphatic heterocycles. The maximum atomic E-state index is 12.6. The van der Waals surface area contributed by atoms with Crippen molar-refractivity contribution in [2.75, 3.05) is 26.4 Å². The van der Waals surface area contributed by atoms with E-state index in [1.807, 2.05) is 0 Å². The van der Waals surface area contributed by atoms with Crippen LogP contribution in [0.5, 0.6) is 0 Å². The first-order valence-electron chi connectivity index (χ1n) is 22.8. The highest BCUT2D eigenvalue weighted by atomic mass is 31.2. The van der Waals surface area contributed by atoms with Crippen LogP contribution in [0.4, 0.5) is 0 Å². The Morgan fingerprint density at radius 1 is 0.545 bits per heavy atom. The number of unbranched alkanes of at least 4 members (excludes halogenated alkanes) is 26. The van der Waals surface area contributed by atoms with Gasteiger partial charge in [-0.3, -0.25) is 18.6 Å². The predicted octanol–water partition coefficient (Wildman–Crippen LogP) is 13.2. The zero-order valence-corrected chi connectivity index (χ0v) is 36.6. The van der Waals surface area contributed by atoms with E-state index in [0.717, 1.165) is 44.9 Å². The number of allylic oxidation sites excluding steroid dienone is 4. The summed E-state index contributed by atoms with van der Waals surface area (Å²) in [5.74, 6) is -0.824. The molecule has 0 aromatic rings. The molecule has 10 heteroatoms. The maximum Gasteiger partial charge on any atom is 0.472 e. The molecule has 0 heterocycles. The molecular weight excluding hydrogens is 713 g/mol. The summed E-state index contributed by atoms with van der Waals surface area (Å²) >= 11 is 0. The summed E-state index contributed by atoms with van der Waals surface area (Å²) in [6.45, 7) is 3.73. The summed E-state index contributed by atoms with van der Waals surface area (Å²) in [5.41, 5.74) is 5.35. The van der Waals surface area contributed by atoms with Crippen molar-refractivity contribution in [1.82, 2.24) is 0 Å². The predicted molar refractivity (Wildman–Crippen MR) is 229 cm³/mol. The molecule has 9 nitrogen and oxygen atoms in total. The van der Waals surface area contributed by atoms with Crippen molar-refractivity contribution in [3.63, 3.8) is 0 Å². The Balaban J connectivity index is 4.03. The maximum absolute atomic E-state index is 12.6. The molecule has 0 amide bonds. The fourth-order valence-corrected chi connectivity index (χ4v) is 7.20. The zero-order chi connectivity index (χ0) is 40.3. The van der Waals surface area contributed by atoms with Crippen LogP contribution in [0.1, 0.15) is 219 Å². The third-order valence-corrected chi connectivity index (χ3v) is 10.8. The number of carbonyl (C=O) groups is 2. The Labute approximate surface area is 338 Å². The van der Waals surface area contributed by atoms with Gasteiger partial charge in [0, 0.05) is 19.4 Å². The van der Waals surface area contributed by atoms with Crippen molar-refractivity contribution < 1.29 is 37.6 Å². The van der Waals surface area contributed by atoms with E-state index in [1.54, 1.807) is 0 Å². The first-order valence-corrected chi connectivity index (χ1v) is 24.3. The second-order valence-corrected chi connectivity index (χ2v) is 16.7. The SMILES string of the molecule is CCCCCCC/C=C\C/C=C\CCCCCCCCCCCCCC(=O)OC(COC(=O)CCCCCCCCCCCCC)COP(=O)(O)OCCN. The van der Waals surface area contributed by atoms with Crippen LogP contribution in [-0.2, 0) is 32.7 Å². The molecule has 0 aliphatic rings. The van der Waals surface area contributed by atoms with Gasteiger partial charge in [0.1, 0.15) is 6.61 Å². The van der Waals surface area contributed by atoms with E-state index in [0.29, 0.717) is 6.42 Å². The summed E-state index contributed by atoms with van der Waals surface area (Å²) in [6, 6.07) is 0. The van der Waals surface area contributed by atoms with Crippen LogP contribution in [0.15, 0.2) is 24.3 Å². The van der Waals surface area contributed by atoms with Gasteiger partial charge in [0.15, 0.2) is 6.10 Å². The summed E-state index contributed by atoms with van der Waals surface area (Å²) in [5, 5.41) is 0. The lowest BCUT2D eigenvalue weighted by molar-refractivity contribution is -0.161. The number of hydrogen-bond acceptors (Lipinski definition) is 8. The fraction of sp³-hybridized carbons (Fsp3) is 0.867. The number of ether oxygens (including phenoxy) is 2. The molecule has 0 aromatic carbocycles. The molecule has 3 N–H and O–H groups in total. The third-order valence-electron chi connectivity index (χ3n) is 9.84. The van der Waals surface area contributed by atoms with E-state index in [4.69, 9.17) is 24.3 Å². The summed E-state index contributed by atoms with van der Waals surface area (Å²) in [7, 11) is -4.37. The number of phosphoric acid groups is 1. The van der Waals surface area contributed by atoms with E-state index in [2.05, 4.69) is 38.2 Å². The van der Waals surface area contributed by atoms with Gasteiger partial charge in [-0.1, -0.05) is 186 Å². The number of esters is 2. The minimum Gasteiger partial charge on any atom is -0.462 e. The lowest BCUT2D eigenvalue weighted by atomic mass is 10.0. The first kappa shape index (κ1) is 53.5. The molecule has 0 spiro atoms. The number of phosphoric ester groups is 1. The van der Waals surface area contributed by atoms with Crippen LogP contribution in [0.2, 0.25) is 0 Å². The molecule has 0 fully saturated rings. The standard InChI is InChI=1S/C45H86NO8P/c1-3-5-7-9-11-13-15-16-17-18-19-20-21-22-23-24-25-26-28-30-32-34-36-38-45(48)54-43(42-53-55(49,50)52-40-39-46)41-51-44(47)37-35-33-31-29-27-14-12-10-8-6-4-2/h15-16,18-19,43H,3-14,17,20-42,46H2,1-2H3,(H,49,50)/b16-15-,19-18-. The van der Waals surface area contributed by atoms with E-state index in [1.165, 1.54) is 141 Å². The molecule has 0 saturated heterocycles. The summed E-state index contributed by atoms with van der Waals surface area (Å²) in [4.78, 5) is 34.8. The monoisotopic (exact) mass is 800 g/mol. The lowest BCUT2D eigenvalue weighted by Crippen LogP contribution is -2.29. The van der Waals surface area contributed by atoms with E-state index in [-0.39, 0.29) is 38.6 Å². The van der Waals surface area contributed by atoms with Gasteiger partial charge < -0.3 is 20.1 Å². The number of hydrogen-bond donors (Lipinski definition) is 2. The van der Waals surface area contributed by atoms with E-state index < -0.39 is 26.5 Å². The van der Waals surface area contributed by atoms with Crippen LogP contribution in [0, 0.1) is 0 Å². The number of nitrogens with two attached hydrogens (primary N) is 1. The van der Waals surface area contributed by atoms with Crippen molar-refractivity contribution in [3.05, 3.63) is 24.3 Å². The van der Waals surface area contributed by atoms with E-state index >= 15 is 0 Å². The molecule has 55 heavy (non-hydrogen) atoms. The van der Waals surface area contributed by atoms with Gasteiger partial charge in [-0.15, -0.1) is 0 Å². The molecular formula is C45H86NO8P. The Hall–Kier alpha value is -1.51. The van der Waals surface area contributed by atoms with Crippen LogP contribution in [0.25, 0.3) is 0 Å². The third kappa shape index (κ3) is 41.9. The van der Waals surface area contributed by atoms with Crippen molar-refractivity contribution in [1.29, 1.82) is 0 Å². The molecule has 2 atom stereocenters. The van der Waals surface area contributed by atoms with Gasteiger partial charge in [-0.25, -0.2) is 4.57 Å². The summed E-state index contributed by atoms with van der Waals surface area (Å²) < 4.78 is 32.8. The Kier molecular flexibility index (Phi) is 40.9. The fourth-order valence-electron chi connectivity index (χ4n) is 6.43. The molecule has 0 radical (unpaired) electrons. The summed E-state index contributed by atoms with van der Waals surface area (Å²) in [6.07, 6.45) is 45.0. The smallest absolute Gasteiger partial charge is 0.462 e. The lowest BCUT2D eigenvalue weighted by Gasteiger charge is -2.19. The minimum absolute atomic E-state index is 0.0548. The Morgan fingerprint density at radius 2 is 0.945 bits per heavy atom. The van der Waals surface area contributed by atoms with Crippen LogP contribution in [0.3, 0.4) is 0 Å². The molecule has 0 aliphatic carbocycles. The van der Waals surface area contributed by atoms with Gasteiger partial charge in [0.2, 0.25) is 0 Å². The largest absolute Gasteiger partial charge is 0.472 e. The average Bonchev–Trinajstić information content (AvgIpc) is 3.17. The second-order valence-electron chi connectivity index (χ2n) is 15.3.